The molecule has 1 aliphatic heterocycles. The number of amides is 1. The van der Waals surface area contributed by atoms with Gasteiger partial charge in [-0.15, -0.1) is 11.8 Å². The van der Waals surface area contributed by atoms with Crippen LogP contribution < -0.4 is 5.32 Å². The van der Waals surface area contributed by atoms with Crippen molar-refractivity contribution in [2.75, 3.05) is 12.3 Å². The molecule has 0 aromatic heterocycles. The summed E-state index contributed by atoms with van der Waals surface area (Å²) >= 11 is 1.78. The number of hydrogen-bond acceptors (Lipinski definition) is 2. The predicted molar refractivity (Wildman–Crippen MR) is 92.4 cm³/mol. The van der Waals surface area contributed by atoms with Gasteiger partial charge in [-0.05, 0) is 29.5 Å². The molecule has 3 rings (SSSR count). The molecule has 0 fully saturated rings. The number of carbonyl (C=O) groups excluding carboxylic acids is 1. The summed E-state index contributed by atoms with van der Waals surface area (Å²) in [6.07, 6.45) is 0.970. The maximum atomic E-state index is 12.4. The first kappa shape index (κ1) is 15.2. The average molecular weight is 311 g/mol. The highest BCUT2D eigenvalue weighted by Crippen LogP contribution is 2.39. The number of benzene rings is 2. The smallest absolute Gasteiger partial charge is 0.228 e. The molecule has 0 radical (unpaired) electrons. The van der Waals surface area contributed by atoms with Gasteiger partial charge in [-0.1, -0.05) is 55.5 Å². The quantitative estimate of drug-likeness (QED) is 0.897. The summed E-state index contributed by atoms with van der Waals surface area (Å²) in [5.74, 6) is 1.50. The Hall–Kier alpha value is -1.74. The van der Waals surface area contributed by atoms with Crippen LogP contribution in [0, 0.1) is 0 Å². The zero-order chi connectivity index (χ0) is 15.4. The number of hydrogen-bond donors (Lipinski definition) is 1. The minimum Gasteiger partial charge on any atom is -0.356 e. The van der Waals surface area contributed by atoms with E-state index in [0.717, 1.165) is 18.7 Å². The van der Waals surface area contributed by atoms with Gasteiger partial charge in [0.25, 0.3) is 0 Å². The molecule has 22 heavy (non-hydrogen) atoms. The van der Waals surface area contributed by atoms with Crippen LogP contribution in [0.5, 0.6) is 0 Å². The molecule has 0 aliphatic carbocycles. The second-order valence-corrected chi connectivity index (χ2v) is 6.85. The Bertz CT molecular complexity index is 641. The molecule has 2 nitrogen and oxygen atoms in total. The number of nitrogens with one attached hydrogen (secondary N) is 1. The normalized spacial score (nSPS) is 17.8. The zero-order valence-corrected chi connectivity index (χ0v) is 13.6. The van der Waals surface area contributed by atoms with Crippen LogP contribution in [0.3, 0.4) is 0 Å². The highest BCUT2D eigenvalue weighted by atomic mass is 32.2. The lowest BCUT2D eigenvalue weighted by molar-refractivity contribution is -0.122. The molecular formula is C19H21NOS. The summed E-state index contributed by atoms with van der Waals surface area (Å²) < 4.78 is 0. The van der Waals surface area contributed by atoms with Crippen molar-refractivity contribution in [2.24, 2.45) is 0 Å². The molecule has 2 aromatic carbocycles. The van der Waals surface area contributed by atoms with Crippen molar-refractivity contribution in [3.05, 3.63) is 65.7 Å². The van der Waals surface area contributed by atoms with Gasteiger partial charge in [0.2, 0.25) is 5.91 Å². The fourth-order valence-corrected chi connectivity index (χ4v) is 4.09. The maximum Gasteiger partial charge on any atom is 0.228 e. The lowest BCUT2D eigenvalue weighted by atomic mass is 9.97. The molecule has 2 unspecified atom stereocenters. The van der Waals surface area contributed by atoms with Gasteiger partial charge in [0.1, 0.15) is 0 Å². The van der Waals surface area contributed by atoms with Gasteiger partial charge in [0.05, 0.1) is 5.92 Å². The Kier molecular flexibility index (Phi) is 4.84. The van der Waals surface area contributed by atoms with E-state index in [0.29, 0.717) is 5.92 Å². The highest BCUT2D eigenvalue weighted by Gasteiger charge is 2.28. The topological polar surface area (TPSA) is 29.1 Å². The van der Waals surface area contributed by atoms with E-state index in [1.54, 1.807) is 11.8 Å². The largest absolute Gasteiger partial charge is 0.356 e. The monoisotopic (exact) mass is 311 g/mol. The van der Waals surface area contributed by atoms with E-state index in [2.05, 4.69) is 48.6 Å². The second kappa shape index (κ2) is 7.01. The molecule has 2 aromatic rings. The Balaban J connectivity index is 1.51. The first-order valence-corrected chi connectivity index (χ1v) is 8.78. The third-order valence-electron chi connectivity index (χ3n) is 4.26. The summed E-state index contributed by atoms with van der Waals surface area (Å²) in [5.41, 5.74) is 2.51. The maximum absolute atomic E-state index is 12.4. The minimum atomic E-state index is 0.00762. The van der Waals surface area contributed by atoms with Crippen molar-refractivity contribution in [1.82, 2.24) is 5.32 Å². The van der Waals surface area contributed by atoms with Crippen molar-refractivity contribution >= 4 is 17.7 Å². The van der Waals surface area contributed by atoms with Gasteiger partial charge in [0.15, 0.2) is 0 Å². The van der Waals surface area contributed by atoms with Crippen LogP contribution in [-0.2, 0) is 4.79 Å². The Morgan fingerprint density at radius 3 is 2.73 bits per heavy atom. The first-order chi connectivity index (χ1) is 10.8. The fourth-order valence-electron chi connectivity index (χ4n) is 2.86. The predicted octanol–water partition coefficient (Wildman–Crippen LogP) is 4.19. The van der Waals surface area contributed by atoms with Crippen molar-refractivity contribution in [3.8, 4) is 0 Å². The standard InChI is InChI=1S/C19H21NOS/c1-14(15-7-3-2-4-8-15)11-12-20-19(21)17-13-22-18-10-6-5-9-16(17)18/h2-10,14,17H,11-13H2,1H3,(H,20,21). The molecular weight excluding hydrogens is 290 g/mol. The van der Waals surface area contributed by atoms with E-state index in [1.165, 1.54) is 16.0 Å². The summed E-state index contributed by atoms with van der Waals surface area (Å²) in [6.45, 7) is 2.94. The van der Waals surface area contributed by atoms with E-state index in [1.807, 2.05) is 18.2 Å². The summed E-state index contributed by atoms with van der Waals surface area (Å²) in [4.78, 5) is 13.7. The Morgan fingerprint density at radius 2 is 1.91 bits per heavy atom. The fraction of sp³-hybridized carbons (Fsp3) is 0.316. The molecule has 1 amide bonds. The van der Waals surface area contributed by atoms with E-state index in [4.69, 9.17) is 0 Å². The second-order valence-electron chi connectivity index (χ2n) is 5.79. The van der Waals surface area contributed by atoms with E-state index < -0.39 is 0 Å². The van der Waals surface area contributed by atoms with Crippen LogP contribution in [0.1, 0.15) is 36.3 Å². The van der Waals surface area contributed by atoms with E-state index in [-0.39, 0.29) is 11.8 Å². The van der Waals surface area contributed by atoms with Gasteiger partial charge < -0.3 is 5.32 Å². The van der Waals surface area contributed by atoms with Crippen LogP contribution in [0.4, 0.5) is 0 Å². The molecule has 2 atom stereocenters. The number of thioether (sulfide) groups is 1. The highest BCUT2D eigenvalue weighted by molar-refractivity contribution is 7.99. The van der Waals surface area contributed by atoms with Crippen molar-refractivity contribution in [1.29, 1.82) is 0 Å². The van der Waals surface area contributed by atoms with Crippen LogP contribution in [0.15, 0.2) is 59.5 Å². The van der Waals surface area contributed by atoms with Crippen molar-refractivity contribution in [3.63, 3.8) is 0 Å². The van der Waals surface area contributed by atoms with Crippen molar-refractivity contribution < 1.29 is 4.79 Å². The van der Waals surface area contributed by atoms with E-state index in [9.17, 15) is 4.79 Å². The first-order valence-electron chi connectivity index (χ1n) is 7.80. The molecule has 0 saturated carbocycles. The third kappa shape index (κ3) is 3.36. The van der Waals surface area contributed by atoms with E-state index >= 15 is 0 Å². The Labute approximate surface area is 136 Å². The van der Waals surface area contributed by atoms with Crippen LogP contribution in [0.2, 0.25) is 0 Å². The average Bonchev–Trinajstić information content (AvgIpc) is 2.99. The number of fused-ring (bicyclic) bond motifs is 1. The number of rotatable bonds is 5. The number of carbonyl (C=O) groups is 1. The SMILES string of the molecule is CC(CCNC(=O)C1CSc2ccccc21)c1ccccc1. The zero-order valence-electron chi connectivity index (χ0n) is 12.8. The Morgan fingerprint density at radius 1 is 1.18 bits per heavy atom. The van der Waals surface area contributed by atoms with Gasteiger partial charge >= 0.3 is 0 Å². The molecule has 1 aliphatic rings. The van der Waals surface area contributed by atoms with Crippen molar-refractivity contribution in [2.45, 2.75) is 30.1 Å². The summed E-state index contributed by atoms with van der Waals surface area (Å²) in [5, 5.41) is 3.11. The lowest BCUT2D eigenvalue weighted by Crippen LogP contribution is -2.30. The summed E-state index contributed by atoms with van der Waals surface area (Å²) in [6, 6.07) is 18.7. The molecule has 1 N–H and O–H groups in total. The van der Waals surface area contributed by atoms with Crippen LogP contribution in [-0.4, -0.2) is 18.2 Å². The minimum absolute atomic E-state index is 0.00762. The lowest BCUT2D eigenvalue weighted by Gasteiger charge is -2.15. The van der Waals surface area contributed by atoms with Gasteiger partial charge in [0, 0.05) is 17.2 Å². The molecule has 3 heteroatoms. The van der Waals surface area contributed by atoms with Crippen LogP contribution in [0.25, 0.3) is 0 Å². The molecule has 114 valence electrons. The van der Waals surface area contributed by atoms with Gasteiger partial charge in [-0.3, -0.25) is 4.79 Å². The van der Waals surface area contributed by atoms with Crippen LogP contribution >= 0.6 is 11.8 Å². The molecule has 0 saturated heterocycles. The summed E-state index contributed by atoms with van der Waals surface area (Å²) in [7, 11) is 0. The van der Waals surface area contributed by atoms with Gasteiger partial charge in [-0.25, -0.2) is 0 Å². The van der Waals surface area contributed by atoms with Gasteiger partial charge in [-0.2, -0.15) is 0 Å². The molecule has 1 heterocycles. The molecule has 0 spiro atoms. The molecule has 0 bridgehead atoms. The third-order valence-corrected chi connectivity index (χ3v) is 5.44.